The lowest BCUT2D eigenvalue weighted by Crippen LogP contribution is -2.14. The van der Waals surface area contributed by atoms with Crippen molar-refractivity contribution in [2.45, 2.75) is 6.92 Å². The summed E-state index contributed by atoms with van der Waals surface area (Å²) >= 11 is 13.0. The van der Waals surface area contributed by atoms with Crippen LogP contribution in [0.25, 0.3) is 0 Å². The lowest BCUT2D eigenvalue weighted by atomic mass is 10.2. The number of hydrogen-bond donors (Lipinski definition) is 1. The first kappa shape index (κ1) is 15.8. The quantitative estimate of drug-likeness (QED) is 0.840. The molecule has 4 nitrogen and oxygen atoms in total. The Morgan fingerprint density at radius 1 is 1.19 bits per heavy atom. The van der Waals surface area contributed by atoms with E-state index in [0.717, 1.165) is 5.56 Å². The second kappa shape index (κ2) is 6.47. The third-order valence-electron chi connectivity index (χ3n) is 2.71. The van der Waals surface area contributed by atoms with Gasteiger partial charge < -0.3 is 10.1 Å². The second-order valence-electron chi connectivity index (χ2n) is 4.23. The molecular formula is C14H11Cl2NO3S. The third kappa shape index (κ3) is 3.56. The summed E-state index contributed by atoms with van der Waals surface area (Å²) in [5.74, 6) is -0.890. The van der Waals surface area contributed by atoms with E-state index >= 15 is 0 Å². The number of ether oxygens (including phenoxy) is 1. The maximum atomic E-state index is 12.3. The first-order valence-corrected chi connectivity index (χ1v) is 7.49. The zero-order valence-corrected chi connectivity index (χ0v) is 13.5. The molecule has 110 valence electrons. The third-order valence-corrected chi connectivity index (χ3v) is 4.22. The minimum absolute atomic E-state index is 0.314. The second-order valence-corrected chi connectivity index (χ2v) is 5.98. The van der Waals surface area contributed by atoms with Crippen LogP contribution in [0.5, 0.6) is 0 Å². The molecule has 1 aromatic heterocycles. The van der Waals surface area contributed by atoms with Gasteiger partial charge in [-0.25, -0.2) is 4.79 Å². The molecule has 0 spiro atoms. The van der Waals surface area contributed by atoms with E-state index in [-0.39, 0.29) is 0 Å². The van der Waals surface area contributed by atoms with Crippen molar-refractivity contribution in [2.75, 3.05) is 12.4 Å². The Labute approximate surface area is 135 Å². The van der Waals surface area contributed by atoms with Gasteiger partial charge in [-0.2, -0.15) is 0 Å². The molecule has 0 aliphatic rings. The molecule has 0 unspecified atom stereocenters. The first-order chi connectivity index (χ1) is 9.92. The SMILES string of the molecule is COC(=O)c1scc(C)c1NC(=O)c1cc(Cl)cc(Cl)c1. The van der Waals surface area contributed by atoms with Gasteiger partial charge in [0, 0.05) is 15.6 Å². The summed E-state index contributed by atoms with van der Waals surface area (Å²) in [4.78, 5) is 24.3. The predicted octanol–water partition coefficient (Wildman–Crippen LogP) is 4.40. The molecule has 0 fully saturated rings. The summed E-state index contributed by atoms with van der Waals surface area (Å²) in [6.45, 7) is 1.80. The number of benzene rings is 1. The van der Waals surface area contributed by atoms with Crippen molar-refractivity contribution < 1.29 is 14.3 Å². The van der Waals surface area contributed by atoms with Crippen LogP contribution in [0.2, 0.25) is 10.0 Å². The number of aryl methyl sites for hydroxylation is 1. The fraction of sp³-hybridized carbons (Fsp3) is 0.143. The van der Waals surface area contributed by atoms with E-state index in [1.165, 1.54) is 36.6 Å². The number of esters is 1. The zero-order valence-electron chi connectivity index (χ0n) is 11.2. The molecule has 0 saturated carbocycles. The van der Waals surface area contributed by atoms with Crippen LogP contribution in [0.3, 0.4) is 0 Å². The summed E-state index contributed by atoms with van der Waals surface area (Å²) in [6.07, 6.45) is 0. The topological polar surface area (TPSA) is 55.4 Å². The number of methoxy groups -OCH3 is 1. The van der Waals surface area contributed by atoms with Crippen molar-refractivity contribution in [2.24, 2.45) is 0 Å². The largest absolute Gasteiger partial charge is 0.465 e. The fourth-order valence-corrected chi connectivity index (χ4v) is 3.16. The van der Waals surface area contributed by atoms with E-state index in [1.54, 1.807) is 12.3 Å². The van der Waals surface area contributed by atoms with E-state index < -0.39 is 11.9 Å². The van der Waals surface area contributed by atoms with E-state index in [0.29, 0.717) is 26.2 Å². The summed E-state index contributed by atoms with van der Waals surface area (Å²) in [5, 5.41) is 5.20. The van der Waals surface area contributed by atoms with Gasteiger partial charge in [0.2, 0.25) is 0 Å². The highest BCUT2D eigenvalue weighted by Gasteiger charge is 2.19. The molecule has 0 aliphatic heterocycles. The van der Waals surface area contributed by atoms with Gasteiger partial charge in [0.15, 0.2) is 0 Å². The Kier molecular flexibility index (Phi) is 4.88. The van der Waals surface area contributed by atoms with E-state index in [4.69, 9.17) is 27.9 Å². The molecular weight excluding hydrogens is 333 g/mol. The highest BCUT2D eigenvalue weighted by Crippen LogP contribution is 2.29. The fourth-order valence-electron chi connectivity index (χ4n) is 1.71. The maximum absolute atomic E-state index is 12.3. The summed E-state index contributed by atoms with van der Waals surface area (Å²) in [5.41, 5.74) is 1.53. The number of halogens is 2. The van der Waals surface area contributed by atoms with Crippen LogP contribution in [-0.4, -0.2) is 19.0 Å². The number of carbonyl (C=O) groups is 2. The van der Waals surface area contributed by atoms with Gasteiger partial charge in [0.05, 0.1) is 12.8 Å². The minimum Gasteiger partial charge on any atom is -0.465 e. The zero-order chi connectivity index (χ0) is 15.6. The van der Waals surface area contributed by atoms with Gasteiger partial charge in [-0.1, -0.05) is 23.2 Å². The van der Waals surface area contributed by atoms with Crippen LogP contribution in [-0.2, 0) is 4.74 Å². The molecule has 2 aromatic rings. The molecule has 0 saturated heterocycles. The standard InChI is InChI=1S/C14H11Cl2NO3S/c1-7-6-21-12(14(19)20-2)11(7)17-13(18)8-3-9(15)5-10(16)4-8/h3-6H,1-2H3,(H,17,18). The van der Waals surface area contributed by atoms with Crippen LogP contribution in [0.1, 0.15) is 25.6 Å². The molecule has 0 atom stereocenters. The van der Waals surface area contributed by atoms with E-state index in [1.807, 2.05) is 0 Å². The molecule has 0 bridgehead atoms. The predicted molar refractivity (Wildman–Crippen MR) is 84.8 cm³/mol. The number of thiophene rings is 1. The number of amides is 1. The summed E-state index contributed by atoms with van der Waals surface area (Å²) in [6, 6.07) is 4.54. The molecule has 0 radical (unpaired) electrons. The van der Waals surface area contributed by atoms with Gasteiger partial charge in [-0.3, -0.25) is 4.79 Å². The smallest absolute Gasteiger partial charge is 0.350 e. The average molecular weight is 344 g/mol. The number of rotatable bonds is 3. The minimum atomic E-state index is -0.493. The number of hydrogen-bond acceptors (Lipinski definition) is 4. The van der Waals surface area contributed by atoms with Crippen molar-refractivity contribution in [3.63, 3.8) is 0 Å². The van der Waals surface area contributed by atoms with Gasteiger partial charge in [0.1, 0.15) is 4.88 Å². The van der Waals surface area contributed by atoms with Crippen LogP contribution >= 0.6 is 34.5 Å². The van der Waals surface area contributed by atoms with Crippen molar-refractivity contribution in [3.05, 3.63) is 49.6 Å². The van der Waals surface area contributed by atoms with Gasteiger partial charge in [-0.15, -0.1) is 11.3 Å². The number of nitrogens with one attached hydrogen (secondary N) is 1. The van der Waals surface area contributed by atoms with Gasteiger partial charge in [0.25, 0.3) is 5.91 Å². The highest BCUT2D eigenvalue weighted by molar-refractivity contribution is 7.12. The number of anilines is 1. The first-order valence-electron chi connectivity index (χ1n) is 5.86. The lowest BCUT2D eigenvalue weighted by Gasteiger charge is -2.08. The lowest BCUT2D eigenvalue weighted by molar-refractivity contribution is 0.0607. The molecule has 1 aromatic carbocycles. The normalized spacial score (nSPS) is 10.3. The van der Waals surface area contributed by atoms with Crippen molar-refractivity contribution >= 4 is 52.1 Å². The van der Waals surface area contributed by atoms with Crippen molar-refractivity contribution in [1.82, 2.24) is 0 Å². The van der Waals surface area contributed by atoms with E-state index in [9.17, 15) is 9.59 Å². The molecule has 0 aliphatic carbocycles. The summed E-state index contributed by atoms with van der Waals surface area (Å²) < 4.78 is 4.69. The van der Waals surface area contributed by atoms with Crippen LogP contribution in [0, 0.1) is 6.92 Å². The van der Waals surface area contributed by atoms with E-state index in [2.05, 4.69) is 5.32 Å². The Bertz CT molecular complexity index is 692. The van der Waals surface area contributed by atoms with Crippen molar-refractivity contribution in [1.29, 1.82) is 0 Å². The molecule has 1 heterocycles. The average Bonchev–Trinajstić information content (AvgIpc) is 2.78. The molecule has 2 rings (SSSR count). The van der Waals surface area contributed by atoms with Crippen LogP contribution < -0.4 is 5.32 Å². The molecule has 1 N–H and O–H groups in total. The van der Waals surface area contributed by atoms with Crippen LogP contribution in [0.15, 0.2) is 23.6 Å². The molecule has 7 heteroatoms. The Morgan fingerprint density at radius 3 is 2.38 bits per heavy atom. The number of carbonyl (C=O) groups excluding carboxylic acids is 2. The van der Waals surface area contributed by atoms with Gasteiger partial charge >= 0.3 is 5.97 Å². The highest BCUT2D eigenvalue weighted by atomic mass is 35.5. The summed E-state index contributed by atoms with van der Waals surface area (Å²) in [7, 11) is 1.29. The van der Waals surface area contributed by atoms with Gasteiger partial charge in [-0.05, 0) is 36.1 Å². The van der Waals surface area contributed by atoms with Crippen LogP contribution in [0.4, 0.5) is 5.69 Å². The monoisotopic (exact) mass is 343 g/mol. The molecule has 21 heavy (non-hydrogen) atoms. The van der Waals surface area contributed by atoms with Crippen molar-refractivity contribution in [3.8, 4) is 0 Å². The Balaban J connectivity index is 2.31. The Hall–Kier alpha value is -1.56. The maximum Gasteiger partial charge on any atom is 0.350 e. The Morgan fingerprint density at radius 2 is 1.81 bits per heavy atom. The molecule has 1 amide bonds.